The van der Waals surface area contributed by atoms with E-state index < -0.39 is 0 Å². The number of anilines is 3. The van der Waals surface area contributed by atoms with E-state index in [9.17, 15) is 9.59 Å². The highest BCUT2D eigenvalue weighted by Gasteiger charge is 2.31. The molecule has 8 heteroatoms. The van der Waals surface area contributed by atoms with Crippen molar-refractivity contribution in [3.8, 4) is 0 Å². The van der Waals surface area contributed by atoms with Gasteiger partial charge in [-0.1, -0.05) is 12.1 Å². The molecular weight excluding hydrogens is 396 g/mol. The van der Waals surface area contributed by atoms with Crippen molar-refractivity contribution in [1.29, 1.82) is 0 Å². The van der Waals surface area contributed by atoms with Gasteiger partial charge < -0.3 is 25.8 Å². The predicted molar refractivity (Wildman–Crippen MR) is 119 cm³/mol. The molecule has 2 saturated heterocycles. The minimum Gasteiger partial charge on any atom is -0.446 e. The summed E-state index contributed by atoms with van der Waals surface area (Å²) in [5, 5.41) is 6.11. The molecule has 2 fully saturated rings. The molecule has 2 amide bonds. The van der Waals surface area contributed by atoms with Crippen LogP contribution in [-0.2, 0) is 9.47 Å². The summed E-state index contributed by atoms with van der Waals surface area (Å²) in [5.74, 6) is -0.261. The van der Waals surface area contributed by atoms with Crippen molar-refractivity contribution < 1.29 is 19.1 Å². The number of benzene rings is 2. The summed E-state index contributed by atoms with van der Waals surface area (Å²) in [7, 11) is 0. The lowest BCUT2D eigenvalue weighted by molar-refractivity contribution is 0.00335. The SMILES string of the molecule is Nc1ccccc1NC(=O)c1ccc(N(C(=O)OC2CCOCC2)C2CCNC2)cc1. The summed E-state index contributed by atoms with van der Waals surface area (Å²) in [6, 6.07) is 14.1. The van der Waals surface area contributed by atoms with Crippen molar-refractivity contribution in [2.24, 2.45) is 0 Å². The summed E-state index contributed by atoms with van der Waals surface area (Å²) >= 11 is 0. The van der Waals surface area contributed by atoms with Crippen LogP contribution in [0.25, 0.3) is 0 Å². The Hall–Kier alpha value is -3.10. The quantitative estimate of drug-likeness (QED) is 0.637. The van der Waals surface area contributed by atoms with Crippen LogP contribution < -0.4 is 21.3 Å². The zero-order chi connectivity index (χ0) is 21.6. The van der Waals surface area contributed by atoms with E-state index in [1.165, 1.54) is 0 Å². The number of ether oxygens (including phenoxy) is 2. The molecule has 4 rings (SSSR count). The highest BCUT2D eigenvalue weighted by atomic mass is 16.6. The Morgan fingerprint density at radius 3 is 2.48 bits per heavy atom. The molecule has 2 aliphatic rings. The first-order valence-corrected chi connectivity index (χ1v) is 10.7. The monoisotopic (exact) mass is 424 g/mol. The third-order valence-electron chi connectivity index (χ3n) is 5.65. The molecule has 2 aliphatic heterocycles. The number of nitrogen functional groups attached to an aromatic ring is 1. The van der Waals surface area contributed by atoms with Gasteiger partial charge in [-0.15, -0.1) is 0 Å². The number of nitrogens with one attached hydrogen (secondary N) is 2. The molecule has 0 aromatic heterocycles. The predicted octanol–water partition coefficient (Wildman–Crippen LogP) is 3.01. The maximum absolute atomic E-state index is 13.0. The van der Waals surface area contributed by atoms with E-state index in [-0.39, 0.29) is 24.1 Å². The normalized spacial score (nSPS) is 19.0. The number of para-hydroxylation sites is 2. The van der Waals surface area contributed by atoms with Gasteiger partial charge in [-0.3, -0.25) is 9.69 Å². The Morgan fingerprint density at radius 2 is 1.81 bits per heavy atom. The highest BCUT2D eigenvalue weighted by Crippen LogP contribution is 2.25. The van der Waals surface area contributed by atoms with Crippen LogP contribution in [0.2, 0.25) is 0 Å². The second kappa shape index (κ2) is 9.80. The van der Waals surface area contributed by atoms with E-state index in [0.717, 1.165) is 13.0 Å². The molecule has 164 valence electrons. The minimum atomic E-state index is -0.352. The molecule has 1 unspecified atom stereocenters. The van der Waals surface area contributed by atoms with E-state index in [4.69, 9.17) is 15.2 Å². The van der Waals surface area contributed by atoms with Gasteiger partial charge in [-0.2, -0.15) is 0 Å². The van der Waals surface area contributed by atoms with Crippen molar-refractivity contribution >= 4 is 29.1 Å². The highest BCUT2D eigenvalue weighted by molar-refractivity contribution is 6.06. The maximum Gasteiger partial charge on any atom is 0.414 e. The van der Waals surface area contributed by atoms with E-state index in [0.29, 0.717) is 55.2 Å². The Kier molecular flexibility index (Phi) is 6.69. The fraction of sp³-hybridized carbons (Fsp3) is 0.391. The molecule has 2 heterocycles. The van der Waals surface area contributed by atoms with Gasteiger partial charge in [0.2, 0.25) is 0 Å². The molecule has 0 aliphatic carbocycles. The Bertz CT molecular complexity index is 906. The third kappa shape index (κ3) is 5.15. The van der Waals surface area contributed by atoms with Crippen LogP contribution in [0, 0.1) is 0 Å². The van der Waals surface area contributed by atoms with Gasteiger partial charge >= 0.3 is 6.09 Å². The number of hydrogen-bond acceptors (Lipinski definition) is 6. The van der Waals surface area contributed by atoms with Crippen molar-refractivity contribution in [1.82, 2.24) is 5.32 Å². The first-order chi connectivity index (χ1) is 15.1. The fourth-order valence-corrected chi connectivity index (χ4v) is 3.90. The number of nitrogens with zero attached hydrogens (tertiary/aromatic N) is 1. The first kappa shape index (κ1) is 21.1. The number of carbonyl (C=O) groups is 2. The lowest BCUT2D eigenvalue weighted by atomic mass is 10.1. The van der Waals surface area contributed by atoms with E-state index in [1.54, 1.807) is 41.3 Å². The van der Waals surface area contributed by atoms with E-state index in [1.807, 2.05) is 12.1 Å². The number of rotatable bonds is 5. The van der Waals surface area contributed by atoms with Crippen LogP contribution >= 0.6 is 0 Å². The summed E-state index contributed by atoms with van der Waals surface area (Å²) in [6.07, 6.45) is 1.79. The molecule has 31 heavy (non-hydrogen) atoms. The van der Waals surface area contributed by atoms with Crippen LogP contribution in [0.15, 0.2) is 48.5 Å². The molecule has 4 N–H and O–H groups in total. The van der Waals surface area contributed by atoms with Crippen molar-refractivity contribution in [3.05, 3.63) is 54.1 Å². The molecule has 0 bridgehead atoms. The molecule has 0 saturated carbocycles. The topological polar surface area (TPSA) is 106 Å². The number of carbonyl (C=O) groups excluding carboxylic acids is 2. The molecule has 1 atom stereocenters. The second-order valence-electron chi connectivity index (χ2n) is 7.80. The van der Waals surface area contributed by atoms with Crippen molar-refractivity contribution in [2.75, 3.05) is 42.3 Å². The maximum atomic E-state index is 13.0. The summed E-state index contributed by atoms with van der Waals surface area (Å²) in [6.45, 7) is 2.78. The lowest BCUT2D eigenvalue weighted by Crippen LogP contribution is -2.44. The minimum absolute atomic E-state index is 0.0103. The number of hydrogen-bond donors (Lipinski definition) is 3. The average molecular weight is 425 g/mol. The zero-order valence-electron chi connectivity index (χ0n) is 17.4. The average Bonchev–Trinajstić information content (AvgIpc) is 3.31. The summed E-state index contributed by atoms with van der Waals surface area (Å²) in [4.78, 5) is 27.3. The summed E-state index contributed by atoms with van der Waals surface area (Å²) < 4.78 is 11.1. The molecule has 2 aromatic carbocycles. The van der Waals surface area contributed by atoms with Crippen LogP contribution in [0.5, 0.6) is 0 Å². The number of nitrogens with two attached hydrogens (primary N) is 1. The van der Waals surface area contributed by atoms with Gasteiger partial charge in [-0.25, -0.2) is 4.79 Å². The van der Waals surface area contributed by atoms with Gasteiger partial charge in [0.05, 0.1) is 30.6 Å². The molecule has 0 spiro atoms. The smallest absolute Gasteiger partial charge is 0.414 e. The number of amides is 2. The first-order valence-electron chi connectivity index (χ1n) is 10.7. The molecule has 8 nitrogen and oxygen atoms in total. The Labute approximate surface area is 181 Å². The van der Waals surface area contributed by atoms with Crippen molar-refractivity contribution in [2.45, 2.75) is 31.4 Å². The molecule has 0 radical (unpaired) electrons. The van der Waals surface area contributed by atoms with Gasteiger partial charge in [0, 0.05) is 30.6 Å². The standard InChI is InChI=1S/C23H28N4O4/c24-20-3-1-2-4-21(20)26-22(28)16-5-7-17(8-6-16)27(18-9-12-25-15-18)23(29)31-19-10-13-30-14-11-19/h1-8,18-19,25H,9-15,24H2,(H,26,28). The van der Waals surface area contributed by atoms with Gasteiger partial charge in [-0.05, 0) is 49.4 Å². The largest absolute Gasteiger partial charge is 0.446 e. The lowest BCUT2D eigenvalue weighted by Gasteiger charge is -2.31. The van der Waals surface area contributed by atoms with Crippen LogP contribution in [-0.4, -0.2) is 50.4 Å². The molecule has 2 aromatic rings. The van der Waals surface area contributed by atoms with Gasteiger partial charge in [0.25, 0.3) is 5.91 Å². The van der Waals surface area contributed by atoms with Crippen molar-refractivity contribution in [3.63, 3.8) is 0 Å². The Morgan fingerprint density at radius 1 is 1.06 bits per heavy atom. The van der Waals surface area contributed by atoms with E-state index >= 15 is 0 Å². The van der Waals surface area contributed by atoms with E-state index in [2.05, 4.69) is 10.6 Å². The van der Waals surface area contributed by atoms with Gasteiger partial charge in [0.15, 0.2) is 0 Å². The molecular formula is C23H28N4O4. The van der Waals surface area contributed by atoms with Crippen LogP contribution in [0.4, 0.5) is 21.9 Å². The Balaban J connectivity index is 1.48. The van der Waals surface area contributed by atoms with Gasteiger partial charge in [0.1, 0.15) is 6.10 Å². The fourth-order valence-electron chi connectivity index (χ4n) is 3.90. The zero-order valence-corrected chi connectivity index (χ0v) is 17.4. The van der Waals surface area contributed by atoms with Crippen LogP contribution in [0.3, 0.4) is 0 Å². The third-order valence-corrected chi connectivity index (χ3v) is 5.65. The second-order valence-corrected chi connectivity index (χ2v) is 7.80. The van der Waals surface area contributed by atoms with Crippen LogP contribution in [0.1, 0.15) is 29.6 Å². The summed E-state index contributed by atoms with van der Waals surface area (Å²) in [5.41, 5.74) is 8.16.